The van der Waals surface area contributed by atoms with E-state index in [-0.39, 0.29) is 15.5 Å². The lowest BCUT2D eigenvalue weighted by Gasteiger charge is -1.98. The van der Waals surface area contributed by atoms with Crippen LogP contribution in [-0.4, -0.2) is 0 Å². The van der Waals surface area contributed by atoms with Gasteiger partial charge in [0, 0.05) is 0 Å². The molecule has 0 heterocycles. The summed E-state index contributed by atoms with van der Waals surface area (Å²) in [6, 6.07) is 4.54. The van der Waals surface area contributed by atoms with Gasteiger partial charge in [0.25, 0.3) is 0 Å². The molecule has 0 fully saturated rings. The van der Waals surface area contributed by atoms with Crippen LogP contribution in [0.2, 0.25) is 5.02 Å². The van der Waals surface area contributed by atoms with Gasteiger partial charge in [0.05, 0.1) is 15.5 Å². The quantitative estimate of drug-likeness (QED) is 0.621. The van der Waals surface area contributed by atoms with Crippen LogP contribution in [0, 0.1) is 17.1 Å². The molecule has 0 amide bonds. The molecule has 0 spiro atoms. The molecular weight excluding hydrogens is 185 g/mol. The van der Waals surface area contributed by atoms with Crippen molar-refractivity contribution in [2.45, 2.75) is 4.90 Å². The molecule has 0 atom stereocenters. The molecule has 0 aliphatic heterocycles. The molecule has 1 rings (SSSR count). The molecule has 0 aromatic heterocycles. The van der Waals surface area contributed by atoms with Gasteiger partial charge in [-0.15, -0.1) is 12.6 Å². The molecule has 1 aromatic carbocycles. The molecule has 0 saturated carbocycles. The lowest BCUT2D eigenvalue weighted by molar-refractivity contribution is 0.602. The topological polar surface area (TPSA) is 23.8 Å². The summed E-state index contributed by atoms with van der Waals surface area (Å²) in [5.41, 5.74) is 0.190. The molecule has 0 N–H and O–H groups in total. The normalized spacial score (nSPS) is 9.27. The zero-order valence-electron chi connectivity index (χ0n) is 5.31. The van der Waals surface area contributed by atoms with E-state index >= 15 is 0 Å². The van der Waals surface area contributed by atoms with E-state index in [0.717, 1.165) is 0 Å². The summed E-state index contributed by atoms with van der Waals surface area (Å²) in [6.45, 7) is 0. The number of hydrogen-bond acceptors (Lipinski definition) is 2. The smallest absolute Gasteiger partial charge is 0.156 e. The monoisotopic (exact) mass is 187 g/mol. The predicted octanol–water partition coefficient (Wildman–Crippen LogP) is 2.64. The van der Waals surface area contributed by atoms with Crippen LogP contribution < -0.4 is 0 Å². The first-order chi connectivity index (χ1) is 5.16. The van der Waals surface area contributed by atoms with E-state index in [1.165, 1.54) is 12.1 Å². The van der Waals surface area contributed by atoms with Crippen molar-refractivity contribution in [2.75, 3.05) is 0 Å². The Morgan fingerprint density at radius 2 is 2.18 bits per heavy atom. The summed E-state index contributed by atoms with van der Waals surface area (Å²) < 4.78 is 12.8. The molecule has 56 valence electrons. The fourth-order valence-corrected chi connectivity index (χ4v) is 1.10. The van der Waals surface area contributed by atoms with Crippen molar-refractivity contribution >= 4 is 24.2 Å². The Labute approximate surface area is 73.8 Å². The number of rotatable bonds is 0. The zero-order chi connectivity index (χ0) is 8.43. The standard InChI is InChI=1S/C7H3ClFNS/c8-5-2-1-4(3-10)7(11)6(5)9/h1-2,11H. The third kappa shape index (κ3) is 1.47. The highest BCUT2D eigenvalue weighted by molar-refractivity contribution is 7.80. The summed E-state index contributed by atoms with van der Waals surface area (Å²) in [5.74, 6) is -0.644. The summed E-state index contributed by atoms with van der Waals surface area (Å²) in [6.07, 6.45) is 0. The van der Waals surface area contributed by atoms with Gasteiger partial charge in [-0.1, -0.05) is 11.6 Å². The molecule has 4 heteroatoms. The largest absolute Gasteiger partial charge is 0.204 e. The van der Waals surface area contributed by atoms with Gasteiger partial charge >= 0.3 is 0 Å². The van der Waals surface area contributed by atoms with E-state index in [9.17, 15) is 4.39 Å². The first-order valence-corrected chi connectivity index (χ1v) is 3.56. The third-order valence-corrected chi connectivity index (χ3v) is 1.92. The Bertz CT molecular complexity index is 332. The fourth-order valence-electron chi connectivity index (χ4n) is 0.630. The van der Waals surface area contributed by atoms with Gasteiger partial charge in [-0.05, 0) is 12.1 Å². The number of hydrogen-bond donors (Lipinski definition) is 1. The predicted molar refractivity (Wildman–Crippen MR) is 43.4 cm³/mol. The second-order valence-corrected chi connectivity index (χ2v) is 2.72. The molecule has 0 bridgehead atoms. The Morgan fingerprint density at radius 3 is 2.73 bits per heavy atom. The lowest BCUT2D eigenvalue weighted by Crippen LogP contribution is -1.84. The Hall–Kier alpha value is -0.720. The van der Waals surface area contributed by atoms with Crippen LogP contribution in [0.25, 0.3) is 0 Å². The van der Waals surface area contributed by atoms with Crippen LogP contribution >= 0.6 is 24.2 Å². The van der Waals surface area contributed by atoms with Crippen molar-refractivity contribution in [3.05, 3.63) is 28.5 Å². The summed E-state index contributed by atoms with van der Waals surface area (Å²) in [7, 11) is 0. The molecule has 0 aliphatic carbocycles. The van der Waals surface area contributed by atoms with Crippen LogP contribution in [0.5, 0.6) is 0 Å². The van der Waals surface area contributed by atoms with Crippen molar-refractivity contribution in [1.29, 1.82) is 5.26 Å². The highest BCUT2D eigenvalue weighted by Gasteiger charge is 2.07. The second kappa shape index (κ2) is 3.12. The number of nitriles is 1. The fraction of sp³-hybridized carbons (Fsp3) is 0. The zero-order valence-corrected chi connectivity index (χ0v) is 6.96. The highest BCUT2D eigenvalue weighted by Crippen LogP contribution is 2.23. The summed E-state index contributed by atoms with van der Waals surface area (Å²) in [5, 5.41) is 8.41. The molecule has 0 aliphatic rings. The minimum Gasteiger partial charge on any atom is -0.204 e. The maximum Gasteiger partial charge on any atom is 0.156 e. The summed E-state index contributed by atoms with van der Waals surface area (Å²) >= 11 is 9.19. The van der Waals surface area contributed by atoms with E-state index in [4.69, 9.17) is 16.9 Å². The van der Waals surface area contributed by atoms with E-state index < -0.39 is 5.82 Å². The Kier molecular flexibility index (Phi) is 2.38. The molecular formula is C7H3ClFNS. The molecule has 1 nitrogen and oxygen atoms in total. The van der Waals surface area contributed by atoms with Gasteiger partial charge in [-0.2, -0.15) is 5.26 Å². The van der Waals surface area contributed by atoms with Crippen molar-refractivity contribution in [3.63, 3.8) is 0 Å². The number of thiol groups is 1. The van der Waals surface area contributed by atoms with Crippen LogP contribution in [-0.2, 0) is 0 Å². The van der Waals surface area contributed by atoms with E-state index in [1.807, 2.05) is 0 Å². The molecule has 0 saturated heterocycles. The van der Waals surface area contributed by atoms with Gasteiger partial charge in [0.2, 0.25) is 0 Å². The van der Waals surface area contributed by atoms with Crippen molar-refractivity contribution < 1.29 is 4.39 Å². The second-order valence-electron chi connectivity index (χ2n) is 1.87. The van der Waals surface area contributed by atoms with Crippen molar-refractivity contribution in [1.82, 2.24) is 0 Å². The Balaban J connectivity index is 3.40. The van der Waals surface area contributed by atoms with Crippen LogP contribution in [0.15, 0.2) is 17.0 Å². The van der Waals surface area contributed by atoms with Crippen LogP contribution in [0.3, 0.4) is 0 Å². The minimum atomic E-state index is -0.644. The first kappa shape index (κ1) is 8.38. The Morgan fingerprint density at radius 1 is 1.55 bits per heavy atom. The number of nitrogens with zero attached hydrogens (tertiary/aromatic N) is 1. The minimum absolute atomic E-state index is 0.000000000000000222. The molecule has 11 heavy (non-hydrogen) atoms. The third-order valence-electron chi connectivity index (χ3n) is 1.19. The lowest BCUT2D eigenvalue weighted by atomic mass is 10.2. The van der Waals surface area contributed by atoms with Gasteiger partial charge in [0.1, 0.15) is 6.07 Å². The first-order valence-electron chi connectivity index (χ1n) is 2.74. The van der Waals surface area contributed by atoms with Gasteiger partial charge in [0.15, 0.2) is 5.82 Å². The van der Waals surface area contributed by atoms with E-state index in [2.05, 4.69) is 12.6 Å². The van der Waals surface area contributed by atoms with E-state index in [0.29, 0.717) is 0 Å². The number of benzene rings is 1. The molecule has 0 radical (unpaired) electrons. The average molecular weight is 188 g/mol. The van der Waals surface area contributed by atoms with Crippen LogP contribution in [0.4, 0.5) is 4.39 Å². The van der Waals surface area contributed by atoms with Gasteiger partial charge in [-0.25, -0.2) is 4.39 Å². The van der Waals surface area contributed by atoms with E-state index in [1.54, 1.807) is 6.07 Å². The average Bonchev–Trinajstić information content (AvgIpc) is 2.01. The van der Waals surface area contributed by atoms with Crippen molar-refractivity contribution in [2.24, 2.45) is 0 Å². The maximum absolute atomic E-state index is 12.8. The highest BCUT2D eigenvalue weighted by atomic mass is 35.5. The maximum atomic E-state index is 12.8. The van der Waals surface area contributed by atoms with Gasteiger partial charge in [-0.3, -0.25) is 0 Å². The summed E-state index contributed by atoms with van der Waals surface area (Å²) in [4.78, 5) is 0.000000000000000222. The molecule has 1 aromatic rings. The number of halogens is 2. The van der Waals surface area contributed by atoms with Crippen LogP contribution in [0.1, 0.15) is 5.56 Å². The molecule has 0 unspecified atom stereocenters. The van der Waals surface area contributed by atoms with Crippen molar-refractivity contribution in [3.8, 4) is 6.07 Å². The van der Waals surface area contributed by atoms with Gasteiger partial charge < -0.3 is 0 Å². The SMILES string of the molecule is N#Cc1ccc(Cl)c(F)c1S.